The van der Waals surface area contributed by atoms with Crippen LogP contribution in [0.25, 0.3) is 0 Å². The van der Waals surface area contributed by atoms with E-state index in [0.717, 1.165) is 32.4 Å². The van der Waals surface area contributed by atoms with Crippen molar-refractivity contribution in [1.82, 2.24) is 4.90 Å². The molecule has 0 radical (unpaired) electrons. The maximum absolute atomic E-state index is 12.0. The van der Waals surface area contributed by atoms with Gasteiger partial charge in [-0.2, -0.15) is 0 Å². The smallest absolute Gasteiger partial charge is 0.246 e. The van der Waals surface area contributed by atoms with Gasteiger partial charge in [0.05, 0.1) is 0 Å². The molecular weight excluding hydrogens is 298 g/mol. The zero-order valence-corrected chi connectivity index (χ0v) is 12.9. The molecule has 0 aromatic heterocycles. The second kappa shape index (κ2) is 7.02. The molecule has 6 heteroatoms. The van der Waals surface area contributed by atoms with Gasteiger partial charge in [-0.3, -0.25) is 4.79 Å². The van der Waals surface area contributed by atoms with Gasteiger partial charge in [-0.05, 0) is 43.0 Å². The van der Waals surface area contributed by atoms with E-state index in [1.165, 1.54) is 12.2 Å². The minimum absolute atomic E-state index is 0.123. The Bertz CT molecular complexity index is 595. The highest BCUT2D eigenvalue weighted by Crippen LogP contribution is 2.34. The highest BCUT2D eigenvalue weighted by molar-refractivity contribution is 5.87. The van der Waals surface area contributed by atoms with E-state index >= 15 is 0 Å². The number of piperidine rings is 1. The Labute approximate surface area is 134 Å². The zero-order chi connectivity index (χ0) is 16.2. The van der Waals surface area contributed by atoms with Gasteiger partial charge >= 0.3 is 0 Å². The molecule has 1 aromatic rings. The van der Waals surface area contributed by atoms with Crippen LogP contribution in [0.2, 0.25) is 0 Å². The maximum Gasteiger partial charge on any atom is 0.246 e. The summed E-state index contributed by atoms with van der Waals surface area (Å²) < 4.78 is 10.5. The Kier molecular flexibility index (Phi) is 4.83. The van der Waals surface area contributed by atoms with E-state index in [1.807, 2.05) is 0 Å². The molecule has 0 aliphatic carbocycles. The first-order chi connectivity index (χ1) is 11.1. The fourth-order valence-electron chi connectivity index (χ4n) is 2.80. The van der Waals surface area contributed by atoms with Crippen molar-refractivity contribution in [3.8, 4) is 11.5 Å². The number of amides is 1. The molecule has 0 saturated carbocycles. The van der Waals surface area contributed by atoms with Crippen LogP contribution in [0.1, 0.15) is 30.9 Å². The van der Waals surface area contributed by atoms with Gasteiger partial charge in [-0.1, -0.05) is 6.07 Å². The minimum Gasteiger partial charge on any atom is -0.454 e. The summed E-state index contributed by atoms with van der Waals surface area (Å²) in [4.78, 5) is 13.8. The third kappa shape index (κ3) is 3.65. The van der Waals surface area contributed by atoms with E-state index in [2.05, 4.69) is 0 Å². The van der Waals surface area contributed by atoms with Gasteiger partial charge in [-0.25, -0.2) is 0 Å². The lowest BCUT2D eigenvalue weighted by atomic mass is 10.0. The molecule has 1 aromatic carbocycles. The van der Waals surface area contributed by atoms with E-state index in [4.69, 9.17) is 9.47 Å². The third-order valence-electron chi connectivity index (χ3n) is 4.17. The van der Waals surface area contributed by atoms with Crippen LogP contribution in [0.5, 0.6) is 11.5 Å². The molecule has 2 aliphatic rings. The lowest BCUT2D eigenvalue weighted by molar-refractivity contribution is -0.126. The molecule has 1 saturated heterocycles. The molecular formula is C17H21NO5. The summed E-state index contributed by atoms with van der Waals surface area (Å²) in [6.45, 7) is 1.66. The summed E-state index contributed by atoms with van der Waals surface area (Å²) in [5.74, 6) is 1.04. The number of likely N-dealkylation sites (tertiary alicyclic amines) is 1. The number of rotatable bonds is 4. The van der Waals surface area contributed by atoms with Crippen LogP contribution >= 0.6 is 0 Å². The van der Waals surface area contributed by atoms with E-state index in [1.54, 1.807) is 23.1 Å². The molecule has 2 atom stereocenters. The number of hydrogen-bond acceptors (Lipinski definition) is 5. The quantitative estimate of drug-likeness (QED) is 0.820. The molecule has 0 unspecified atom stereocenters. The van der Waals surface area contributed by atoms with Crippen LogP contribution < -0.4 is 9.47 Å². The first-order valence-corrected chi connectivity index (χ1v) is 7.88. The molecule has 2 heterocycles. The summed E-state index contributed by atoms with van der Waals surface area (Å²) in [7, 11) is 0. The standard InChI is InChI=1S/C17H21NO5/c19-13(5-7-16(20)18-8-2-1-3-9-18)17(21)12-4-6-14-15(10-12)23-11-22-14/h4-7,10,13,17,19,21H,1-3,8-9,11H2/b7-5+/t13-,17+/m1/s1. The van der Waals surface area contributed by atoms with Crippen molar-refractivity contribution in [3.05, 3.63) is 35.9 Å². The van der Waals surface area contributed by atoms with Crippen molar-refractivity contribution in [2.45, 2.75) is 31.5 Å². The molecule has 2 aliphatic heterocycles. The van der Waals surface area contributed by atoms with Crippen LogP contribution in [-0.2, 0) is 4.79 Å². The van der Waals surface area contributed by atoms with E-state index in [-0.39, 0.29) is 12.7 Å². The average Bonchev–Trinajstić information content (AvgIpc) is 3.07. The summed E-state index contributed by atoms with van der Waals surface area (Å²) in [5, 5.41) is 20.3. The second-order valence-corrected chi connectivity index (χ2v) is 5.79. The third-order valence-corrected chi connectivity index (χ3v) is 4.17. The molecule has 1 amide bonds. The Balaban J connectivity index is 1.61. The lowest BCUT2D eigenvalue weighted by Crippen LogP contribution is -2.34. The van der Waals surface area contributed by atoms with Gasteiger partial charge < -0.3 is 24.6 Å². The molecule has 1 fully saturated rings. The molecule has 0 spiro atoms. The van der Waals surface area contributed by atoms with Crippen molar-refractivity contribution in [1.29, 1.82) is 0 Å². The number of nitrogens with zero attached hydrogens (tertiary/aromatic N) is 1. The van der Waals surface area contributed by atoms with Crippen molar-refractivity contribution in [2.75, 3.05) is 19.9 Å². The van der Waals surface area contributed by atoms with Crippen molar-refractivity contribution in [3.63, 3.8) is 0 Å². The highest BCUT2D eigenvalue weighted by atomic mass is 16.7. The maximum atomic E-state index is 12.0. The van der Waals surface area contributed by atoms with Gasteiger partial charge in [0.25, 0.3) is 0 Å². The Morgan fingerprint density at radius 1 is 1.13 bits per heavy atom. The van der Waals surface area contributed by atoms with Crippen LogP contribution in [0, 0.1) is 0 Å². The molecule has 2 N–H and O–H groups in total. The number of aliphatic hydroxyl groups excluding tert-OH is 2. The SMILES string of the molecule is O=C(/C=C/[C@@H](O)[C@@H](O)c1ccc2c(c1)OCO2)N1CCCCC1. The topological polar surface area (TPSA) is 79.2 Å². The number of hydrogen-bond donors (Lipinski definition) is 2. The zero-order valence-electron chi connectivity index (χ0n) is 12.9. The van der Waals surface area contributed by atoms with E-state index < -0.39 is 12.2 Å². The first-order valence-electron chi connectivity index (χ1n) is 7.88. The largest absolute Gasteiger partial charge is 0.454 e. The summed E-state index contributed by atoms with van der Waals surface area (Å²) in [6.07, 6.45) is 3.57. The Hall–Kier alpha value is -2.05. The highest BCUT2D eigenvalue weighted by Gasteiger charge is 2.21. The van der Waals surface area contributed by atoms with Gasteiger partial charge in [0.15, 0.2) is 11.5 Å². The van der Waals surface area contributed by atoms with Crippen molar-refractivity contribution >= 4 is 5.91 Å². The number of ether oxygens (including phenoxy) is 2. The molecule has 0 bridgehead atoms. The van der Waals surface area contributed by atoms with Crippen molar-refractivity contribution < 1.29 is 24.5 Å². The predicted molar refractivity (Wildman–Crippen MR) is 83.1 cm³/mol. The van der Waals surface area contributed by atoms with E-state index in [9.17, 15) is 15.0 Å². The van der Waals surface area contributed by atoms with Crippen LogP contribution in [0.3, 0.4) is 0 Å². The summed E-state index contributed by atoms with van der Waals surface area (Å²) in [5.41, 5.74) is 0.511. The van der Waals surface area contributed by atoms with Crippen molar-refractivity contribution in [2.24, 2.45) is 0 Å². The second-order valence-electron chi connectivity index (χ2n) is 5.79. The fourth-order valence-corrected chi connectivity index (χ4v) is 2.80. The van der Waals surface area contributed by atoms with Gasteiger partial charge in [-0.15, -0.1) is 0 Å². The number of aliphatic hydroxyl groups is 2. The van der Waals surface area contributed by atoms with Crippen LogP contribution in [0.15, 0.2) is 30.4 Å². The average molecular weight is 319 g/mol. The minimum atomic E-state index is -1.16. The predicted octanol–water partition coefficient (Wildman–Crippen LogP) is 1.38. The molecule has 3 rings (SSSR count). The molecule has 6 nitrogen and oxygen atoms in total. The number of carbonyl (C=O) groups excluding carboxylic acids is 1. The lowest BCUT2D eigenvalue weighted by Gasteiger charge is -2.25. The monoisotopic (exact) mass is 319 g/mol. The van der Waals surface area contributed by atoms with Crippen LogP contribution in [-0.4, -0.2) is 47.0 Å². The molecule has 124 valence electrons. The summed E-state index contributed by atoms with van der Waals surface area (Å²) >= 11 is 0. The van der Waals surface area contributed by atoms with Gasteiger partial charge in [0.1, 0.15) is 12.2 Å². The number of carbonyl (C=O) groups is 1. The summed E-state index contributed by atoms with van der Waals surface area (Å²) in [6, 6.07) is 4.99. The Morgan fingerprint density at radius 2 is 1.87 bits per heavy atom. The van der Waals surface area contributed by atoms with Gasteiger partial charge in [0.2, 0.25) is 12.7 Å². The van der Waals surface area contributed by atoms with Gasteiger partial charge in [0, 0.05) is 19.2 Å². The fraction of sp³-hybridized carbons (Fsp3) is 0.471. The number of benzene rings is 1. The Morgan fingerprint density at radius 3 is 2.65 bits per heavy atom. The van der Waals surface area contributed by atoms with Crippen LogP contribution in [0.4, 0.5) is 0 Å². The molecule has 23 heavy (non-hydrogen) atoms. The number of fused-ring (bicyclic) bond motifs is 1. The first kappa shape index (κ1) is 15.8. The normalized spacial score (nSPS) is 19.8. The van der Waals surface area contributed by atoms with E-state index in [0.29, 0.717) is 17.1 Å².